The Balaban J connectivity index is 1.97. The van der Waals surface area contributed by atoms with Crippen molar-refractivity contribution in [2.24, 2.45) is 7.05 Å². The Labute approximate surface area is 128 Å². The molecule has 1 aromatic carbocycles. The molecular formula is C18H27N3. The maximum atomic E-state index is 4.61. The molecule has 0 saturated heterocycles. The molecule has 0 atom stereocenters. The smallest absolute Gasteiger partial charge is 0.0722 e. The summed E-state index contributed by atoms with van der Waals surface area (Å²) in [6, 6.07) is 8.84. The Hall–Kier alpha value is -1.61. The van der Waals surface area contributed by atoms with Crippen molar-refractivity contribution < 1.29 is 0 Å². The molecule has 114 valence electrons. The van der Waals surface area contributed by atoms with E-state index in [0.29, 0.717) is 0 Å². The van der Waals surface area contributed by atoms with E-state index < -0.39 is 0 Å². The topological polar surface area (TPSA) is 29.9 Å². The quantitative estimate of drug-likeness (QED) is 0.910. The van der Waals surface area contributed by atoms with Crippen LogP contribution < -0.4 is 5.32 Å². The standard InChI is InChI=1S/C18H27N3/c1-6-14-7-9-15(10-8-14)11-19-12-16-13-21(5)20-17(16)18(2,3)4/h7-10,13,19H,6,11-12H2,1-5H3. The fraction of sp³-hybridized carbons (Fsp3) is 0.500. The number of benzene rings is 1. The molecule has 0 saturated carbocycles. The summed E-state index contributed by atoms with van der Waals surface area (Å²) in [5.41, 5.74) is 5.27. The lowest BCUT2D eigenvalue weighted by Gasteiger charge is -2.17. The summed E-state index contributed by atoms with van der Waals surface area (Å²) in [6.07, 6.45) is 3.21. The zero-order chi connectivity index (χ0) is 15.5. The number of aryl methyl sites for hydroxylation is 2. The van der Waals surface area contributed by atoms with Gasteiger partial charge in [0.05, 0.1) is 5.69 Å². The Morgan fingerprint density at radius 1 is 1.05 bits per heavy atom. The molecule has 21 heavy (non-hydrogen) atoms. The van der Waals surface area contributed by atoms with E-state index in [1.807, 2.05) is 11.7 Å². The monoisotopic (exact) mass is 285 g/mol. The first-order chi connectivity index (χ1) is 9.90. The van der Waals surface area contributed by atoms with E-state index in [-0.39, 0.29) is 5.41 Å². The predicted octanol–water partition coefficient (Wildman–Crippen LogP) is 3.57. The molecule has 0 aliphatic carbocycles. The van der Waals surface area contributed by atoms with Crippen molar-refractivity contribution in [2.75, 3.05) is 0 Å². The Morgan fingerprint density at radius 2 is 1.67 bits per heavy atom. The number of hydrogen-bond donors (Lipinski definition) is 1. The molecule has 0 aliphatic rings. The summed E-state index contributed by atoms with van der Waals surface area (Å²) in [4.78, 5) is 0. The highest BCUT2D eigenvalue weighted by Crippen LogP contribution is 2.24. The van der Waals surface area contributed by atoms with Crippen LogP contribution in [-0.2, 0) is 32.0 Å². The van der Waals surface area contributed by atoms with Crippen molar-refractivity contribution in [3.8, 4) is 0 Å². The molecule has 2 rings (SSSR count). The van der Waals surface area contributed by atoms with E-state index >= 15 is 0 Å². The normalized spacial score (nSPS) is 11.9. The lowest BCUT2D eigenvalue weighted by Crippen LogP contribution is -2.19. The minimum absolute atomic E-state index is 0.0844. The molecule has 2 aromatic rings. The number of nitrogens with zero attached hydrogens (tertiary/aromatic N) is 2. The summed E-state index contributed by atoms with van der Waals surface area (Å²) < 4.78 is 1.91. The van der Waals surface area contributed by atoms with Crippen LogP contribution in [0.25, 0.3) is 0 Å². The minimum atomic E-state index is 0.0844. The second kappa shape index (κ2) is 6.44. The molecule has 0 aliphatic heterocycles. The van der Waals surface area contributed by atoms with Crippen molar-refractivity contribution in [1.29, 1.82) is 0 Å². The van der Waals surface area contributed by atoms with Gasteiger partial charge in [-0.25, -0.2) is 0 Å². The fourth-order valence-corrected chi connectivity index (χ4v) is 2.53. The van der Waals surface area contributed by atoms with Gasteiger partial charge in [0, 0.05) is 37.3 Å². The Morgan fingerprint density at radius 3 is 2.24 bits per heavy atom. The average Bonchev–Trinajstić information content (AvgIpc) is 2.81. The van der Waals surface area contributed by atoms with Gasteiger partial charge in [-0.2, -0.15) is 5.10 Å². The highest BCUT2D eigenvalue weighted by atomic mass is 15.3. The van der Waals surface area contributed by atoms with Crippen LogP contribution in [0.1, 0.15) is 50.1 Å². The van der Waals surface area contributed by atoms with Gasteiger partial charge < -0.3 is 5.32 Å². The molecule has 1 heterocycles. The van der Waals surface area contributed by atoms with Crippen LogP contribution in [0.3, 0.4) is 0 Å². The lowest BCUT2D eigenvalue weighted by molar-refractivity contribution is 0.543. The van der Waals surface area contributed by atoms with E-state index in [1.165, 1.54) is 22.4 Å². The van der Waals surface area contributed by atoms with E-state index in [1.54, 1.807) is 0 Å². The van der Waals surface area contributed by atoms with E-state index in [2.05, 4.69) is 68.6 Å². The molecule has 0 fully saturated rings. The Kier molecular flexibility index (Phi) is 4.84. The van der Waals surface area contributed by atoms with E-state index in [0.717, 1.165) is 19.5 Å². The largest absolute Gasteiger partial charge is 0.308 e. The van der Waals surface area contributed by atoms with Crippen molar-refractivity contribution in [3.63, 3.8) is 0 Å². The summed E-state index contributed by atoms with van der Waals surface area (Å²) >= 11 is 0. The summed E-state index contributed by atoms with van der Waals surface area (Å²) in [7, 11) is 1.99. The minimum Gasteiger partial charge on any atom is -0.308 e. The molecule has 0 amide bonds. The zero-order valence-electron chi connectivity index (χ0n) is 13.9. The van der Waals surface area contributed by atoms with Crippen LogP contribution in [0.2, 0.25) is 0 Å². The average molecular weight is 285 g/mol. The molecular weight excluding hydrogens is 258 g/mol. The Bertz CT molecular complexity index is 574. The van der Waals surface area contributed by atoms with Gasteiger partial charge in [0.15, 0.2) is 0 Å². The maximum absolute atomic E-state index is 4.61. The molecule has 0 radical (unpaired) electrons. The maximum Gasteiger partial charge on any atom is 0.0722 e. The summed E-state index contributed by atoms with van der Waals surface area (Å²) in [5, 5.41) is 8.13. The summed E-state index contributed by atoms with van der Waals surface area (Å²) in [5.74, 6) is 0. The van der Waals surface area contributed by atoms with Gasteiger partial charge in [0.2, 0.25) is 0 Å². The first-order valence-electron chi connectivity index (χ1n) is 7.71. The predicted molar refractivity (Wildman–Crippen MR) is 88.3 cm³/mol. The van der Waals surface area contributed by atoms with Gasteiger partial charge in [-0.3, -0.25) is 4.68 Å². The summed E-state index contributed by atoms with van der Waals surface area (Å²) in [6.45, 7) is 10.6. The third kappa shape index (κ3) is 4.18. The van der Waals surface area contributed by atoms with Gasteiger partial charge in [0.25, 0.3) is 0 Å². The van der Waals surface area contributed by atoms with Gasteiger partial charge in [-0.15, -0.1) is 0 Å². The van der Waals surface area contributed by atoms with Crippen LogP contribution in [0.5, 0.6) is 0 Å². The van der Waals surface area contributed by atoms with Crippen molar-refractivity contribution in [3.05, 3.63) is 52.8 Å². The van der Waals surface area contributed by atoms with Crippen LogP contribution >= 0.6 is 0 Å². The molecule has 3 nitrogen and oxygen atoms in total. The highest BCUT2D eigenvalue weighted by molar-refractivity contribution is 5.25. The van der Waals surface area contributed by atoms with E-state index in [4.69, 9.17) is 0 Å². The fourth-order valence-electron chi connectivity index (χ4n) is 2.53. The van der Waals surface area contributed by atoms with E-state index in [9.17, 15) is 0 Å². The number of hydrogen-bond acceptors (Lipinski definition) is 2. The molecule has 0 bridgehead atoms. The van der Waals surface area contributed by atoms with Gasteiger partial charge in [0.1, 0.15) is 0 Å². The third-order valence-electron chi connectivity index (χ3n) is 3.69. The number of nitrogens with one attached hydrogen (secondary N) is 1. The molecule has 0 spiro atoms. The molecule has 1 N–H and O–H groups in total. The lowest BCUT2D eigenvalue weighted by atomic mass is 9.89. The second-order valence-electron chi connectivity index (χ2n) is 6.70. The molecule has 0 unspecified atom stereocenters. The van der Waals surface area contributed by atoms with Crippen molar-refractivity contribution >= 4 is 0 Å². The third-order valence-corrected chi connectivity index (χ3v) is 3.69. The van der Waals surface area contributed by atoms with Crippen molar-refractivity contribution in [2.45, 2.75) is 52.6 Å². The van der Waals surface area contributed by atoms with Gasteiger partial charge >= 0.3 is 0 Å². The molecule has 1 aromatic heterocycles. The van der Waals surface area contributed by atoms with Gasteiger partial charge in [-0.1, -0.05) is 52.0 Å². The zero-order valence-corrected chi connectivity index (χ0v) is 13.9. The van der Waals surface area contributed by atoms with Crippen LogP contribution in [-0.4, -0.2) is 9.78 Å². The highest BCUT2D eigenvalue weighted by Gasteiger charge is 2.21. The van der Waals surface area contributed by atoms with Crippen LogP contribution in [0.4, 0.5) is 0 Å². The second-order valence-corrected chi connectivity index (χ2v) is 6.70. The van der Waals surface area contributed by atoms with Crippen LogP contribution in [0.15, 0.2) is 30.5 Å². The number of rotatable bonds is 5. The van der Waals surface area contributed by atoms with Gasteiger partial charge in [-0.05, 0) is 17.5 Å². The van der Waals surface area contributed by atoms with Crippen LogP contribution in [0, 0.1) is 0 Å². The first-order valence-corrected chi connectivity index (χ1v) is 7.71. The number of aromatic nitrogens is 2. The SMILES string of the molecule is CCc1ccc(CNCc2cn(C)nc2C(C)(C)C)cc1. The molecule has 3 heteroatoms. The van der Waals surface area contributed by atoms with Crippen molar-refractivity contribution in [1.82, 2.24) is 15.1 Å². The first kappa shape index (κ1) is 15.8.